The van der Waals surface area contributed by atoms with E-state index in [1.807, 2.05) is 6.92 Å². The topological polar surface area (TPSA) is 67.2 Å². The Kier molecular flexibility index (Phi) is 5.01. The van der Waals surface area contributed by atoms with Crippen LogP contribution in [-0.4, -0.2) is 27.3 Å². The molecule has 1 atom stereocenters. The molecule has 1 aromatic heterocycles. The third-order valence-corrected chi connectivity index (χ3v) is 4.86. The Morgan fingerprint density at radius 3 is 2.80 bits per heavy atom. The lowest BCUT2D eigenvalue weighted by Crippen LogP contribution is -2.44. The highest BCUT2D eigenvalue weighted by Gasteiger charge is 2.24. The Morgan fingerprint density at radius 1 is 1.32 bits per heavy atom. The number of hydrogen-bond acceptors (Lipinski definition) is 3. The summed E-state index contributed by atoms with van der Waals surface area (Å²) in [6.07, 6.45) is 0.618. The van der Waals surface area contributed by atoms with Crippen LogP contribution in [-0.2, 0) is 20.0 Å². The van der Waals surface area contributed by atoms with Gasteiger partial charge in [-0.2, -0.15) is 5.10 Å². The summed E-state index contributed by atoms with van der Waals surface area (Å²) in [4.78, 5) is 26.0. The molecule has 1 N–H and O–H groups in total. The van der Waals surface area contributed by atoms with Crippen LogP contribution in [0.5, 0.6) is 0 Å². The van der Waals surface area contributed by atoms with E-state index < -0.39 is 0 Å². The van der Waals surface area contributed by atoms with Crippen molar-refractivity contribution in [2.75, 3.05) is 6.54 Å². The number of urea groups is 1. The van der Waals surface area contributed by atoms with Crippen LogP contribution in [0, 0.1) is 0 Å². The number of hydrogen-bond donors (Lipinski definition) is 1. The van der Waals surface area contributed by atoms with Gasteiger partial charge in [0.1, 0.15) is 0 Å². The van der Waals surface area contributed by atoms with Crippen LogP contribution < -0.4 is 10.9 Å². The van der Waals surface area contributed by atoms with E-state index in [9.17, 15) is 9.59 Å². The molecule has 0 spiro atoms. The summed E-state index contributed by atoms with van der Waals surface area (Å²) in [7, 11) is 1.62. The minimum absolute atomic E-state index is 0.178. The molecule has 0 bridgehead atoms. The molecule has 1 aromatic carbocycles. The molecule has 132 valence electrons. The zero-order chi connectivity index (χ0) is 18.1. The number of nitrogens with one attached hydrogen (secondary N) is 1. The van der Waals surface area contributed by atoms with Crippen LogP contribution in [0.4, 0.5) is 4.79 Å². The van der Waals surface area contributed by atoms with Gasteiger partial charge >= 0.3 is 6.03 Å². The van der Waals surface area contributed by atoms with E-state index in [1.165, 1.54) is 4.68 Å². The van der Waals surface area contributed by atoms with Crippen LogP contribution in [0.15, 0.2) is 29.1 Å². The lowest BCUT2D eigenvalue weighted by Gasteiger charge is -2.29. The fourth-order valence-electron chi connectivity index (χ4n) is 2.87. The van der Waals surface area contributed by atoms with Gasteiger partial charge in [-0.1, -0.05) is 29.3 Å². The third kappa shape index (κ3) is 3.80. The van der Waals surface area contributed by atoms with E-state index in [1.54, 1.807) is 36.2 Å². The van der Waals surface area contributed by atoms with Gasteiger partial charge in [-0.15, -0.1) is 0 Å². The third-order valence-electron chi connectivity index (χ3n) is 4.29. The van der Waals surface area contributed by atoms with Crippen molar-refractivity contribution in [3.05, 3.63) is 61.5 Å². The zero-order valence-electron chi connectivity index (χ0n) is 13.9. The van der Waals surface area contributed by atoms with Crippen molar-refractivity contribution in [3.63, 3.8) is 0 Å². The molecule has 0 saturated carbocycles. The van der Waals surface area contributed by atoms with E-state index in [0.29, 0.717) is 29.6 Å². The van der Waals surface area contributed by atoms with Crippen LogP contribution >= 0.6 is 23.2 Å². The summed E-state index contributed by atoms with van der Waals surface area (Å²) in [5.41, 5.74) is 2.27. The molecule has 0 unspecified atom stereocenters. The van der Waals surface area contributed by atoms with Crippen molar-refractivity contribution >= 4 is 29.2 Å². The summed E-state index contributed by atoms with van der Waals surface area (Å²) in [6, 6.07) is 6.27. The van der Waals surface area contributed by atoms with Crippen LogP contribution in [0.25, 0.3) is 0 Å². The van der Waals surface area contributed by atoms with Crippen molar-refractivity contribution in [2.45, 2.75) is 25.9 Å². The van der Waals surface area contributed by atoms with Gasteiger partial charge in [0, 0.05) is 48.2 Å². The number of benzene rings is 1. The minimum atomic E-state index is -0.263. The minimum Gasteiger partial charge on any atom is -0.331 e. The maximum absolute atomic E-state index is 12.6. The van der Waals surface area contributed by atoms with Crippen molar-refractivity contribution in [3.8, 4) is 0 Å². The van der Waals surface area contributed by atoms with Crippen LogP contribution in [0.3, 0.4) is 0 Å². The second-order valence-corrected chi connectivity index (χ2v) is 6.93. The van der Waals surface area contributed by atoms with E-state index >= 15 is 0 Å². The Morgan fingerprint density at radius 2 is 2.08 bits per heavy atom. The molecule has 3 rings (SSSR count). The summed E-state index contributed by atoms with van der Waals surface area (Å²) >= 11 is 12.1. The Bertz CT molecular complexity index is 881. The number of aromatic nitrogens is 2. The number of carbonyl (C=O) groups excluding carboxylic acids is 1. The molecule has 1 aliphatic rings. The Balaban J connectivity index is 1.71. The largest absolute Gasteiger partial charge is 0.331 e. The molecule has 2 amide bonds. The molecule has 8 heteroatoms. The number of halogens is 2. The molecule has 0 aliphatic carbocycles. The van der Waals surface area contributed by atoms with E-state index in [-0.39, 0.29) is 17.6 Å². The molecule has 2 aromatic rings. The Labute approximate surface area is 155 Å². The van der Waals surface area contributed by atoms with E-state index in [2.05, 4.69) is 10.4 Å². The number of aryl methyl sites for hydroxylation is 1. The van der Waals surface area contributed by atoms with Gasteiger partial charge < -0.3 is 10.2 Å². The first-order valence-corrected chi connectivity index (χ1v) is 8.67. The number of carbonyl (C=O) groups is 1. The predicted octanol–water partition coefficient (Wildman–Crippen LogP) is 2.92. The van der Waals surface area contributed by atoms with Gasteiger partial charge in [-0.3, -0.25) is 4.79 Å². The molecule has 0 fully saturated rings. The highest BCUT2D eigenvalue weighted by Crippen LogP contribution is 2.26. The summed E-state index contributed by atoms with van der Waals surface area (Å²) in [5.74, 6) is 0. The standard InChI is InChI=1S/C17H18Cl2N4O2/c1-10(13-4-3-12(18)8-14(13)19)20-17(25)23-6-5-15-11(9-23)7-16(24)22(2)21-15/h3-4,7-8,10H,5-6,9H2,1-2H3,(H,20,25)/t10-/m0/s1. The van der Waals surface area contributed by atoms with Crippen LogP contribution in [0.1, 0.15) is 29.8 Å². The lowest BCUT2D eigenvalue weighted by molar-refractivity contribution is 0.188. The van der Waals surface area contributed by atoms with Crippen LogP contribution in [0.2, 0.25) is 10.0 Å². The number of rotatable bonds is 2. The quantitative estimate of drug-likeness (QED) is 0.870. The molecule has 1 aliphatic heterocycles. The lowest BCUT2D eigenvalue weighted by atomic mass is 10.1. The van der Waals surface area contributed by atoms with Crippen molar-refractivity contribution < 1.29 is 4.79 Å². The van der Waals surface area contributed by atoms with Gasteiger partial charge in [0.25, 0.3) is 5.56 Å². The first-order valence-electron chi connectivity index (χ1n) is 7.91. The second-order valence-electron chi connectivity index (χ2n) is 6.09. The molecule has 0 saturated heterocycles. The van der Waals surface area contributed by atoms with Gasteiger partial charge in [-0.25, -0.2) is 9.48 Å². The molecule has 6 nitrogen and oxygen atoms in total. The summed E-state index contributed by atoms with van der Waals surface area (Å²) in [5, 5.41) is 8.25. The number of amides is 2. The number of fused-ring (bicyclic) bond motifs is 1. The normalized spacial score (nSPS) is 14.8. The smallest absolute Gasteiger partial charge is 0.318 e. The fraction of sp³-hybridized carbons (Fsp3) is 0.353. The maximum Gasteiger partial charge on any atom is 0.318 e. The molecule has 25 heavy (non-hydrogen) atoms. The van der Waals surface area contributed by atoms with Crippen molar-refractivity contribution in [2.24, 2.45) is 7.05 Å². The zero-order valence-corrected chi connectivity index (χ0v) is 15.4. The molecule has 0 radical (unpaired) electrons. The predicted molar refractivity (Wildman–Crippen MR) is 97.0 cm³/mol. The first kappa shape index (κ1) is 17.8. The average molecular weight is 381 g/mol. The van der Waals surface area contributed by atoms with Gasteiger partial charge in [-0.05, 0) is 24.6 Å². The maximum atomic E-state index is 12.6. The van der Waals surface area contributed by atoms with Gasteiger partial charge in [0.2, 0.25) is 0 Å². The van der Waals surface area contributed by atoms with Gasteiger partial charge in [0.05, 0.1) is 11.7 Å². The van der Waals surface area contributed by atoms with Gasteiger partial charge in [0.15, 0.2) is 0 Å². The number of nitrogens with zero attached hydrogens (tertiary/aromatic N) is 3. The first-order chi connectivity index (χ1) is 11.8. The summed E-state index contributed by atoms with van der Waals surface area (Å²) < 4.78 is 1.32. The van der Waals surface area contributed by atoms with E-state index in [0.717, 1.165) is 16.8 Å². The molecular weight excluding hydrogens is 363 g/mol. The van der Waals surface area contributed by atoms with E-state index in [4.69, 9.17) is 23.2 Å². The van der Waals surface area contributed by atoms with Crippen molar-refractivity contribution in [1.82, 2.24) is 20.0 Å². The monoisotopic (exact) mass is 380 g/mol. The Hall–Kier alpha value is -2.05. The highest BCUT2D eigenvalue weighted by molar-refractivity contribution is 6.35. The average Bonchev–Trinajstić information content (AvgIpc) is 2.55. The second kappa shape index (κ2) is 7.06. The SMILES string of the molecule is C[C@H](NC(=O)N1CCc2nn(C)c(=O)cc2C1)c1ccc(Cl)cc1Cl. The summed E-state index contributed by atoms with van der Waals surface area (Å²) in [6.45, 7) is 2.78. The molecule has 2 heterocycles. The van der Waals surface area contributed by atoms with Crippen molar-refractivity contribution in [1.29, 1.82) is 0 Å². The highest BCUT2D eigenvalue weighted by atomic mass is 35.5. The fourth-order valence-corrected chi connectivity index (χ4v) is 3.45. The molecular formula is C17H18Cl2N4O2.